The largest absolute Gasteiger partial charge is 0.378 e. The maximum atomic E-state index is 12.0. The van der Waals surface area contributed by atoms with Gasteiger partial charge in [0, 0.05) is 43.9 Å². The summed E-state index contributed by atoms with van der Waals surface area (Å²) in [5, 5.41) is 9.99. The number of nitrogens with zero attached hydrogens (tertiary/aromatic N) is 4. The predicted molar refractivity (Wildman–Crippen MR) is 115 cm³/mol. The number of carbonyl (C=O) groups is 2. The van der Waals surface area contributed by atoms with Crippen molar-refractivity contribution in [1.29, 1.82) is 0 Å². The molecule has 31 heavy (non-hydrogen) atoms. The highest BCUT2D eigenvalue weighted by Gasteiger charge is 2.18. The Morgan fingerprint density at radius 1 is 1.29 bits per heavy atom. The number of hydrogen-bond donors (Lipinski definition) is 2. The summed E-state index contributed by atoms with van der Waals surface area (Å²) in [6, 6.07) is 8.61. The first-order valence-corrected chi connectivity index (χ1v) is 9.95. The maximum absolute atomic E-state index is 12.0. The van der Waals surface area contributed by atoms with E-state index in [9.17, 15) is 14.7 Å². The van der Waals surface area contributed by atoms with Crippen LogP contribution in [0.1, 0.15) is 23.0 Å². The maximum Gasteiger partial charge on any atom is 0.267 e. The van der Waals surface area contributed by atoms with Crippen LogP contribution in [0.3, 0.4) is 0 Å². The third-order valence-corrected chi connectivity index (χ3v) is 4.86. The van der Waals surface area contributed by atoms with Gasteiger partial charge in [-0.05, 0) is 19.1 Å². The van der Waals surface area contributed by atoms with Crippen molar-refractivity contribution in [3.05, 3.63) is 41.6 Å². The van der Waals surface area contributed by atoms with Gasteiger partial charge in [-0.3, -0.25) is 9.59 Å². The fourth-order valence-corrected chi connectivity index (χ4v) is 2.96. The minimum absolute atomic E-state index is 0.117. The molecular formula is C22H25N5O4. The van der Waals surface area contributed by atoms with Crippen molar-refractivity contribution in [2.45, 2.75) is 13.0 Å². The number of nitrogens with two attached hydrogens (primary N) is 1. The van der Waals surface area contributed by atoms with Crippen molar-refractivity contribution >= 4 is 17.6 Å². The number of ether oxygens (including phenoxy) is 1. The topological polar surface area (TPSA) is 122 Å². The Kier molecular flexibility index (Phi) is 7.18. The van der Waals surface area contributed by atoms with Gasteiger partial charge < -0.3 is 25.4 Å². The summed E-state index contributed by atoms with van der Waals surface area (Å²) in [7, 11) is 1.60. The van der Waals surface area contributed by atoms with Gasteiger partial charge in [0.05, 0.1) is 13.2 Å². The van der Waals surface area contributed by atoms with Crippen LogP contribution in [0.25, 0.3) is 11.4 Å². The van der Waals surface area contributed by atoms with E-state index in [2.05, 4.69) is 21.8 Å². The monoisotopic (exact) mass is 423 g/mol. The number of amides is 2. The van der Waals surface area contributed by atoms with Crippen molar-refractivity contribution in [3.8, 4) is 23.2 Å². The van der Waals surface area contributed by atoms with E-state index in [-0.39, 0.29) is 5.69 Å². The summed E-state index contributed by atoms with van der Waals surface area (Å²) < 4.78 is 5.38. The number of likely N-dealkylation sites (N-methyl/N-ethyl adjacent to an activating group) is 1. The second kappa shape index (κ2) is 10.0. The average molecular weight is 423 g/mol. The van der Waals surface area contributed by atoms with Crippen molar-refractivity contribution in [2.24, 2.45) is 5.73 Å². The van der Waals surface area contributed by atoms with E-state index in [1.807, 2.05) is 11.8 Å². The van der Waals surface area contributed by atoms with Gasteiger partial charge in [0.2, 0.25) is 0 Å². The zero-order valence-electron chi connectivity index (χ0n) is 17.5. The van der Waals surface area contributed by atoms with Gasteiger partial charge in [-0.2, -0.15) is 0 Å². The SMILES string of the molecule is CCN(C)C(=O)C(O)C#Cc1cccc(-c2nc(C(N)=O)cc(N3CCOCC3)n2)c1. The quantitative estimate of drug-likeness (QED) is 0.662. The third-order valence-electron chi connectivity index (χ3n) is 4.86. The zero-order valence-corrected chi connectivity index (χ0v) is 17.5. The van der Waals surface area contributed by atoms with E-state index in [1.54, 1.807) is 37.4 Å². The summed E-state index contributed by atoms with van der Waals surface area (Å²) in [6.45, 7) is 4.74. The van der Waals surface area contributed by atoms with E-state index >= 15 is 0 Å². The lowest BCUT2D eigenvalue weighted by molar-refractivity contribution is -0.135. The van der Waals surface area contributed by atoms with Crippen LogP contribution in [0.2, 0.25) is 0 Å². The molecule has 0 aliphatic carbocycles. The number of morpholine rings is 1. The minimum atomic E-state index is -1.41. The number of primary amides is 1. The third kappa shape index (κ3) is 5.57. The molecule has 2 heterocycles. The number of rotatable bonds is 5. The molecule has 9 heteroatoms. The van der Waals surface area contributed by atoms with Crippen LogP contribution >= 0.6 is 0 Å². The Bertz CT molecular complexity index is 1020. The van der Waals surface area contributed by atoms with Gasteiger partial charge >= 0.3 is 0 Å². The van der Waals surface area contributed by atoms with Gasteiger partial charge in [0.1, 0.15) is 11.5 Å². The number of aliphatic hydroxyl groups is 1. The molecule has 2 aromatic rings. The van der Waals surface area contributed by atoms with Crippen molar-refractivity contribution in [1.82, 2.24) is 14.9 Å². The fourth-order valence-electron chi connectivity index (χ4n) is 2.96. The van der Waals surface area contributed by atoms with Crippen LogP contribution in [0, 0.1) is 11.8 Å². The molecule has 1 aromatic heterocycles. The average Bonchev–Trinajstić information content (AvgIpc) is 2.81. The molecule has 0 saturated carbocycles. The highest BCUT2D eigenvalue weighted by Crippen LogP contribution is 2.22. The van der Waals surface area contributed by atoms with Gasteiger partial charge in [-0.25, -0.2) is 9.97 Å². The van der Waals surface area contributed by atoms with Crippen molar-refractivity contribution < 1.29 is 19.4 Å². The van der Waals surface area contributed by atoms with E-state index in [1.165, 1.54) is 4.90 Å². The van der Waals surface area contributed by atoms with Gasteiger partial charge in [0.15, 0.2) is 11.9 Å². The molecule has 1 fully saturated rings. The lowest BCUT2D eigenvalue weighted by Gasteiger charge is -2.28. The lowest BCUT2D eigenvalue weighted by atomic mass is 10.1. The Morgan fingerprint density at radius 2 is 2.03 bits per heavy atom. The summed E-state index contributed by atoms with van der Waals surface area (Å²) in [5.41, 5.74) is 6.80. The van der Waals surface area contributed by atoms with Crippen LogP contribution in [0.5, 0.6) is 0 Å². The number of aliphatic hydroxyl groups excluding tert-OH is 1. The summed E-state index contributed by atoms with van der Waals surface area (Å²) in [6.07, 6.45) is -1.41. The number of anilines is 1. The molecular weight excluding hydrogens is 398 g/mol. The molecule has 0 spiro atoms. The van der Waals surface area contributed by atoms with E-state index in [0.717, 1.165) is 0 Å². The number of aromatic nitrogens is 2. The Balaban J connectivity index is 1.91. The number of carbonyl (C=O) groups excluding carboxylic acids is 2. The van der Waals surface area contributed by atoms with Crippen LogP contribution in [0.4, 0.5) is 5.82 Å². The molecule has 9 nitrogen and oxygen atoms in total. The fraction of sp³-hybridized carbons (Fsp3) is 0.364. The molecule has 1 aliphatic rings. The molecule has 0 radical (unpaired) electrons. The standard InChI is InChI=1S/C22H25N5O4/c1-3-26(2)22(30)18(28)8-7-15-5-4-6-16(13-15)21-24-17(20(23)29)14-19(25-21)27-9-11-31-12-10-27/h4-6,13-14,18,28H,3,9-12H2,1-2H3,(H2,23,29). The second-order valence-electron chi connectivity index (χ2n) is 7.00. The van der Waals surface area contributed by atoms with Crippen LogP contribution in [-0.2, 0) is 9.53 Å². The van der Waals surface area contributed by atoms with Crippen molar-refractivity contribution in [2.75, 3.05) is 44.8 Å². The highest BCUT2D eigenvalue weighted by molar-refractivity contribution is 5.92. The molecule has 1 unspecified atom stereocenters. The molecule has 162 valence electrons. The summed E-state index contributed by atoms with van der Waals surface area (Å²) in [4.78, 5) is 36.1. The number of hydrogen-bond acceptors (Lipinski definition) is 7. The van der Waals surface area contributed by atoms with Crippen LogP contribution in [-0.4, -0.2) is 77.8 Å². The first-order valence-electron chi connectivity index (χ1n) is 9.95. The Morgan fingerprint density at radius 3 is 2.71 bits per heavy atom. The van der Waals surface area contributed by atoms with Gasteiger partial charge in [-0.15, -0.1) is 0 Å². The number of benzene rings is 1. The van der Waals surface area contributed by atoms with Crippen molar-refractivity contribution in [3.63, 3.8) is 0 Å². The normalized spacial score (nSPS) is 14.4. The van der Waals surface area contributed by atoms with Crippen LogP contribution < -0.4 is 10.6 Å². The zero-order chi connectivity index (χ0) is 22.4. The Hall–Kier alpha value is -3.48. The predicted octanol–water partition coefficient (Wildman–Crippen LogP) is 0.270. The second-order valence-corrected chi connectivity index (χ2v) is 7.00. The van der Waals surface area contributed by atoms with Gasteiger partial charge in [-0.1, -0.05) is 24.0 Å². The molecule has 2 amide bonds. The molecule has 1 saturated heterocycles. The van der Waals surface area contributed by atoms with Gasteiger partial charge in [0.25, 0.3) is 11.8 Å². The molecule has 3 N–H and O–H groups in total. The molecule has 1 aliphatic heterocycles. The first-order chi connectivity index (χ1) is 14.9. The molecule has 3 rings (SSSR count). The smallest absolute Gasteiger partial charge is 0.267 e. The van der Waals surface area contributed by atoms with E-state index < -0.39 is 17.9 Å². The first kappa shape index (κ1) is 22.2. The molecule has 1 aromatic carbocycles. The molecule has 0 bridgehead atoms. The Labute approximate surface area is 180 Å². The lowest BCUT2D eigenvalue weighted by Crippen LogP contribution is -2.37. The minimum Gasteiger partial charge on any atom is -0.378 e. The highest BCUT2D eigenvalue weighted by atomic mass is 16.5. The molecule has 1 atom stereocenters. The van der Waals surface area contributed by atoms with E-state index in [0.29, 0.717) is 55.6 Å². The summed E-state index contributed by atoms with van der Waals surface area (Å²) >= 11 is 0. The van der Waals surface area contributed by atoms with E-state index in [4.69, 9.17) is 10.5 Å². The summed E-state index contributed by atoms with van der Waals surface area (Å²) in [5.74, 6) is 5.20. The van der Waals surface area contributed by atoms with Crippen LogP contribution in [0.15, 0.2) is 30.3 Å².